The lowest BCUT2D eigenvalue weighted by Gasteiger charge is -2.34. The highest BCUT2D eigenvalue weighted by Gasteiger charge is 2.34. The van der Waals surface area contributed by atoms with Crippen molar-refractivity contribution < 1.29 is 22.7 Å². The SMILES string of the molecule is O=C1CCCC(=O)N1CCS(=O)(=O)N(Cc1cccs1)C1CCOCC1. The minimum atomic E-state index is -3.61. The fourth-order valence-corrected chi connectivity index (χ4v) is 5.79. The Morgan fingerprint density at radius 1 is 1.19 bits per heavy atom. The van der Waals surface area contributed by atoms with Crippen LogP contribution in [0.2, 0.25) is 0 Å². The number of amides is 2. The molecule has 2 amide bonds. The molecule has 26 heavy (non-hydrogen) atoms. The van der Waals surface area contributed by atoms with E-state index in [0.717, 1.165) is 9.78 Å². The van der Waals surface area contributed by atoms with Gasteiger partial charge in [0.2, 0.25) is 21.8 Å². The van der Waals surface area contributed by atoms with Gasteiger partial charge in [0.05, 0.1) is 5.75 Å². The van der Waals surface area contributed by atoms with Crippen LogP contribution in [0.4, 0.5) is 0 Å². The predicted molar refractivity (Wildman–Crippen MR) is 98.1 cm³/mol. The second kappa shape index (κ2) is 8.60. The molecule has 0 bridgehead atoms. The van der Waals surface area contributed by atoms with Crippen LogP contribution in [0.15, 0.2) is 17.5 Å². The minimum absolute atomic E-state index is 0.0653. The van der Waals surface area contributed by atoms with Gasteiger partial charge in [-0.25, -0.2) is 8.42 Å². The number of rotatable bonds is 7. The fraction of sp³-hybridized carbons (Fsp3) is 0.647. The lowest BCUT2D eigenvalue weighted by atomic mass is 10.1. The zero-order valence-corrected chi connectivity index (χ0v) is 16.3. The first-order valence-corrected chi connectivity index (χ1v) is 11.4. The van der Waals surface area contributed by atoms with Crippen LogP contribution >= 0.6 is 11.3 Å². The van der Waals surface area contributed by atoms with E-state index in [1.54, 1.807) is 4.31 Å². The maximum Gasteiger partial charge on any atom is 0.229 e. The highest BCUT2D eigenvalue weighted by Crippen LogP contribution is 2.24. The molecule has 9 heteroatoms. The summed E-state index contributed by atoms with van der Waals surface area (Å²) in [5.41, 5.74) is 0. The Labute approximate surface area is 158 Å². The van der Waals surface area contributed by atoms with Crippen molar-refractivity contribution in [1.29, 1.82) is 0 Å². The maximum absolute atomic E-state index is 13.1. The molecule has 2 aliphatic rings. The highest BCUT2D eigenvalue weighted by atomic mass is 32.2. The topological polar surface area (TPSA) is 84.0 Å². The zero-order chi connectivity index (χ0) is 18.6. The monoisotopic (exact) mass is 400 g/mol. The summed E-state index contributed by atoms with van der Waals surface area (Å²) in [6.45, 7) is 1.35. The summed E-state index contributed by atoms with van der Waals surface area (Å²) in [7, 11) is -3.61. The third-order valence-electron chi connectivity index (χ3n) is 4.80. The smallest absolute Gasteiger partial charge is 0.229 e. The third kappa shape index (κ3) is 4.70. The number of nitrogens with zero attached hydrogens (tertiary/aromatic N) is 2. The zero-order valence-electron chi connectivity index (χ0n) is 14.6. The number of carbonyl (C=O) groups is 2. The summed E-state index contributed by atoms with van der Waals surface area (Å²) < 4.78 is 33.0. The Kier molecular flexibility index (Phi) is 6.44. The average molecular weight is 401 g/mol. The molecule has 0 unspecified atom stereocenters. The number of hydrogen-bond acceptors (Lipinski definition) is 6. The van der Waals surface area contributed by atoms with Crippen molar-refractivity contribution in [3.8, 4) is 0 Å². The van der Waals surface area contributed by atoms with Crippen LogP contribution in [0.1, 0.15) is 37.0 Å². The van der Waals surface area contributed by atoms with Gasteiger partial charge in [0.1, 0.15) is 0 Å². The van der Waals surface area contributed by atoms with Crippen LogP contribution in [-0.2, 0) is 30.9 Å². The molecule has 7 nitrogen and oxygen atoms in total. The van der Waals surface area contributed by atoms with Gasteiger partial charge in [0, 0.05) is 50.1 Å². The Morgan fingerprint density at radius 2 is 1.88 bits per heavy atom. The Bertz CT molecular complexity index is 710. The van der Waals surface area contributed by atoms with E-state index < -0.39 is 10.0 Å². The Hall–Kier alpha value is -1.29. The van der Waals surface area contributed by atoms with Crippen LogP contribution in [0, 0.1) is 0 Å². The molecule has 0 atom stereocenters. The van der Waals surface area contributed by atoms with Crippen LogP contribution in [0.5, 0.6) is 0 Å². The minimum Gasteiger partial charge on any atom is -0.381 e. The summed E-state index contributed by atoms with van der Waals surface area (Å²) >= 11 is 1.52. The van der Waals surface area contributed by atoms with Crippen molar-refractivity contribution in [3.63, 3.8) is 0 Å². The Balaban J connectivity index is 1.72. The van der Waals surface area contributed by atoms with Gasteiger partial charge in [-0.15, -0.1) is 11.3 Å². The number of piperidine rings is 1. The first-order valence-electron chi connectivity index (χ1n) is 8.90. The molecule has 144 valence electrons. The second-order valence-corrected chi connectivity index (χ2v) is 9.65. The van der Waals surface area contributed by atoms with Crippen LogP contribution in [-0.4, -0.2) is 61.0 Å². The number of carbonyl (C=O) groups excluding carboxylic acids is 2. The van der Waals surface area contributed by atoms with Crippen molar-refractivity contribution in [1.82, 2.24) is 9.21 Å². The van der Waals surface area contributed by atoms with Crippen LogP contribution in [0.25, 0.3) is 0 Å². The normalized spacial score (nSPS) is 20.1. The van der Waals surface area contributed by atoms with Gasteiger partial charge in [-0.05, 0) is 30.7 Å². The molecule has 0 spiro atoms. The van der Waals surface area contributed by atoms with E-state index in [1.165, 1.54) is 11.3 Å². The standard InChI is InChI=1S/C17H24N2O5S2/c20-16-4-1-5-17(21)18(16)8-12-26(22,23)19(13-15-3-2-11-25-15)14-6-9-24-10-7-14/h2-3,11,14H,1,4-10,12-13H2. The molecule has 2 fully saturated rings. The largest absolute Gasteiger partial charge is 0.381 e. The van der Waals surface area contributed by atoms with Crippen molar-refractivity contribution in [2.24, 2.45) is 0 Å². The number of sulfonamides is 1. The van der Waals surface area contributed by atoms with Gasteiger partial charge in [0.25, 0.3) is 0 Å². The van der Waals surface area contributed by atoms with Gasteiger partial charge in [0.15, 0.2) is 0 Å². The van der Waals surface area contributed by atoms with Crippen molar-refractivity contribution >= 4 is 33.2 Å². The molecule has 0 aliphatic carbocycles. The van der Waals surface area contributed by atoms with Gasteiger partial charge in [-0.2, -0.15) is 4.31 Å². The first kappa shape index (κ1) is 19.5. The molecular formula is C17H24N2O5S2. The second-order valence-electron chi connectivity index (χ2n) is 6.58. The lowest BCUT2D eigenvalue weighted by molar-refractivity contribution is -0.147. The molecule has 2 saturated heterocycles. The highest BCUT2D eigenvalue weighted by molar-refractivity contribution is 7.89. The van der Waals surface area contributed by atoms with Crippen molar-refractivity contribution in [3.05, 3.63) is 22.4 Å². The van der Waals surface area contributed by atoms with Crippen molar-refractivity contribution in [2.45, 2.75) is 44.7 Å². The molecule has 0 saturated carbocycles. The van der Waals surface area contributed by atoms with Crippen LogP contribution in [0.3, 0.4) is 0 Å². The molecule has 1 aromatic rings. The average Bonchev–Trinajstić information content (AvgIpc) is 3.13. The van der Waals surface area contributed by atoms with Gasteiger partial charge in [-0.1, -0.05) is 6.07 Å². The summed E-state index contributed by atoms with van der Waals surface area (Å²) in [6.07, 6.45) is 2.49. The van der Waals surface area contributed by atoms with E-state index in [1.807, 2.05) is 17.5 Å². The molecule has 3 rings (SSSR count). The summed E-state index contributed by atoms with van der Waals surface area (Å²) in [5, 5.41) is 1.93. The third-order valence-corrected chi connectivity index (χ3v) is 7.50. The maximum atomic E-state index is 13.1. The molecule has 0 N–H and O–H groups in total. The van der Waals surface area contributed by atoms with Gasteiger partial charge >= 0.3 is 0 Å². The Morgan fingerprint density at radius 3 is 2.50 bits per heavy atom. The predicted octanol–water partition coefficient (Wildman–Crippen LogP) is 1.60. The number of likely N-dealkylation sites (tertiary alicyclic amines) is 1. The molecule has 1 aromatic heterocycles. The van der Waals surface area contributed by atoms with E-state index in [2.05, 4.69) is 0 Å². The van der Waals surface area contributed by atoms with E-state index >= 15 is 0 Å². The van der Waals surface area contributed by atoms with Crippen molar-refractivity contribution in [2.75, 3.05) is 25.5 Å². The quantitative estimate of drug-likeness (QED) is 0.649. The molecule has 0 aromatic carbocycles. The first-order chi connectivity index (χ1) is 12.5. The lowest BCUT2D eigenvalue weighted by Crippen LogP contribution is -2.47. The van der Waals surface area contributed by atoms with E-state index in [0.29, 0.717) is 51.9 Å². The van der Waals surface area contributed by atoms with Gasteiger partial charge < -0.3 is 4.74 Å². The summed E-state index contributed by atoms with van der Waals surface area (Å²) in [4.78, 5) is 25.9. The molecule has 3 heterocycles. The van der Waals surface area contributed by atoms with Crippen LogP contribution < -0.4 is 0 Å². The molecule has 2 aliphatic heterocycles. The van der Waals surface area contributed by atoms with Gasteiger partial charge in [-0.3, -0.25) is 14.5 Å². The van der Waals surface area contributed by atoms with E-state index in [-0.39, 0.29) is 30.2 Å². The molecular weight excluding hydrogens is 376 g/mol. The van der Waals surface area contributed by atoms with E-state index in [9.17, 15) is 18.0 Å². The fourth-order valence-electron chi connectivity index (χ4n) is 3.36. The van der Waals surface area contributed by atoms with E-state index in [4.69, 9.17) is 4.74 Å². The number of hydrogen-bond donors (Lipinski definition) is 0. The summed E-state index contributed by atoms with van der Waals surface area (Å²) in [6, 6.07) is 3.72. The number of thiophene rings is 1. The summed E-state index contributed by atoms with van der Waals surface area (Å²) in [5.74, 6) is -0.771. The molecule has 0 radical (unpaired) electrons. The number of ether oxygens (including phenoxy) is 1. The number of imide groups is 1.